The van der Waals surface area contributed by atoms with Gasteiger partial charge in [0.15, 0.2) is 0 Å². The van der Waals surface area contributed by atoms with Crippen LogP contribution in [0.25, 0.3) is 0 Å². The van der Waals surface area contributed by atoms with E-state index in [2.05, 4.69) is 37.9 Å². The monoisotopic (exact) mass is 625 g/mol. The van der Waals surface area contributed by atoms with Gasteiger partial charge in [-0.25, -0.2) is 4.79 Å². The van der Waals surface area contributed by atoms with Gasteiger partial charge >= 0.3 is 196 Å². The number of nitrogens with zero attached hydrogens (tertiary/aromatic N) is 3. The van der Waals surface area contributed by atoms with Crippen molar-refractivity contribution < 1.29 is 14.3 Å². The van der Waals surface area contributed by atoms with Gasteiger partial charge in [0.1, 0.15) is 5.60 Å². The topological polar surface area (TPSA) is 56.6 Å². The van der Waals surface area contributed by atoms with Gasteiger partial charge in [-0.05, 0) is 20.8 Å². The summed E-state index contributed by atoms with van der Waals surface area (Å²) in [6.07, 6.45) is 17.3. The van der Waals surface area contributed by atoms with Crippen molar-refractivity contribution in [1.82, 2.24) is 14.5 Å². The fraction of sp³-hybridized carbons (Fsp3) is 0.867. The van der Waals surface area contributed by atoms with Gasteiger partial charge in [-0.1, -0.05) is 0 Å². The summed E-state index contributed by atoms with van der Waals surface area (Å²) in [5.74, 6) is 0.695. The number of rotatable bonds is 14. The summed E-state index contributed by atoms with van der Waals surface area (Å²) in [7, 11) is 0. The Bertz CT molecular complexity index is 785. The molecule has 6 nitrogen and oxygen atoms in total. The minimum absolute atomic E-state index is 0.193. The average Bonchev–Trinajstić information content (AvgIpc) is 3.31. The fourth-order valence-corrected chi connectivity index (χ4v) is 21.4. The van der Waals surface area contributed by atoms with Crippen LogP contribution in [0.3, 0.4) is 0 Å². The molecule has 1 amide bonds. The quantitative estimate of drug-likeness (QED) is 0.207. The number of carbonyl (C=O) groups is 1. The maximum atomic E-state index is 12.3. The van der Waals surface area contributed by atoms with Crippen LogP contribution in [0.1, 0.15) is 106 Å². The Morgan fingerprint density at radius 1 is 0.973 bits per heavy atom. The summed E-state index contributed by atoms with van der Waals surface area (Å²) >= 11 is -2.43. The molecule has 0 N–H and O–H groups in total. The van der Waals surface area contributed by atoms with Crippen molar-refractivity contribution >= 4 is 28.2 Å². The Morgan fingerprint density at radius 3 is 2.05 bits per heavy atom. The van der Waals surface area contributed by atoms with Crippen LogP contribution < -0.4 is 3.71 Å². The summed E-state index contributed by atoms with van der Waals surface area (Å²) in [6, 6.07) is 0. The molecule has 1 aromatic rings. The molecule has 1 saturated carbocycles. The van der Waals surface area contributed by atoms with E-state index in [1.165, 1.54) is 51.8 Å². The number of hydrogen-bond acceptors (Lipinski definition) is 4. The molecule has 3 rings (SSSR count). The number of piperidine rings is 1. The number of ether oxygens (including phenoxy) is 2. The van der Waals surface area contributed by atoms with Crippen LogP contribution in [-0.2, 0) is 16.0 Å². The summed E-state index contributed by atoms with van der Waals surface area (Å²) < 4.78 is 20.3. The predicted molar refractivity (Wildman–Crippen MR) is 155 cm³/mol. The number of likely N-dealkylation sites (tertiary alicyclic amines) is 1. The summed E-state index contributed by atoms with van der Waals surface area (Å²) in [4.78, 5) is 19.2. The molecule has 1 aliphatic heterocycles. The third-order valence-electron chi connectivity index (χ3n) is 8.34. The second-order valence-electron chi connectivity index (χ2n) is 12.8. The van der Waals surface area contributed by atoms with E-state index < -0.39 is 24.0 Å². The molecule has 0 spiro atoms. The Balaban J connectivity index is 1.45. The van der Waals surface area contributed by atoms with E-state index in [4.69, 9.17) is 14.5 Å². The van der Waals surface area contributed by atoms with E-state index >= 15 is 0 Å². The molecule has 2 aliphatic rings. The normalized spacial score (nSPS) is 21.2. The molecule has 0 aromatic carbocycles. The molecule has 0 unspecified atom stereocenters. The molecule has 1 aromatic heterocycles. The summed E-state index contributed by atoms with van der Waals surface area (Å²) in [5.41, 5.74) is -0.438. The van der Waals surface area contributed by atoms with Gasteiger partial charge in [0.05, 0.1) is 0 Å². The molecular formula is C30H55N3O3Sn. The zero-order valence-corrected chi connectivity index (χ0v) is 27.6. The second-order valence-corrected chi connectivity index (χ2v) is 25.9. The van der Waals surface area contributed by atoms with E-state index in [1.54, 1.807) is 3.71 Å². The van der Waals surface area contributed by atoms with Crippen molar-refractivity contribution in [3.8, 4) is 0 Å². The molecule has 7 heteroatoms. The molecule has 0 radical (unpaired) electrons. The fourth-order valence-electron chi connectivity index (χ4n) is 6.04. The Hall–Kier alpha value is -0.761. The number of hydrogen-bond donors (Lipinski definition) is 0. The molecule has 0 atom stereocenters. The standard InChI is InChI=1S/C18H28N3O3.3C4H9.Sn/c1-18(2,3)24-17(22)21-7-4-15(5-8-21)23-16-10-14(11-16)12-20-9-6-19-13-20;3*1-3-4-2;/h9,13-16H,4-5,7-8,10-12H2,1-3H3;3*1,3-4H2,2H3;. The van der Waals surface area contributed by atoms with E-state index in [0.717, 1.165) is 45.3 Å². The zero-order chi connectivity index (χ0) is 26.9. The van der Waals surface area contributed by atoms with E-state index in [-0.39, 0.29) is 12.2 Å². The van der Waals surface area contributed by atoms with Gasteiger partial charge in [-0.15, -0.1) is 0 Å². The molecule has 212 valence electrons. The van der Waals surface area contributed by atoms with Crippen molar-refractivity contribution in [3.63, 3.8) is 0 Å². The Kier molecular flexibility index (Phi) is 12.1. The number of imidazole rings is 1. The Morgan fingerprint density at radius 2 is 1.54 bits per heavy atom. The predicted octanol–water partition coefficient (Wildman–Crippen LogP) is 7.13. The van der Waals surface area contributed by atoms with Crippen LogP contribution in [0, 0.1) is 5.92 Å². The van der Waals surface area contributed by atoms with Gasteiger partial charge in [0, 0.05) is 0 Å². The molecule has 0 bridgehead atoms. The first-order valence-corrected chi connectivity index (χ1v) is 22.8. The molecule has 1 aliphatic carbocycles. The molecular weight excluding hydrogens is 569 g/mol. The van der Waals surface area contributed by atoms with Gasteiger partial charge in [-0.3, -0.25) is 0 Å². The average molecular weight is 624 g/mol. The molecule has 1 saturated heterocycles. The van der Waals surface area contributed by atoms with Gasteiger partial charge < -0.3 is 4.74 Å². The third kappa shape index (κ3) is 9.43. The van der Waals surface area contributed by atoms with Crippen molar-refractivity contribution in [2.75, 3.05) is 13.1 Å². The van der Waals surface area contributed by atoms with Crippen LogP contribution in [0.4, 0.5) is 4.79 Å². The zero-order valence-electron chi connectivity index (χ0n) is 24.8. The van der Waals surface area contributed by atoms with E-state index in [1.807, 2.05) is 25.7 Å². The molecule has 37 heavy (non-hydrogen) atoms. The number of amides is 1. The van der Waals surface area contributed by atoms with Gasteiger partial charge in [0.2, 0.25) is 0 Å². The van der Waals surface area contributed by atoms with E-state index in [9.17, 15) is 4.79 Å². The first-order chi connectivity index (χ1) is 17.7. The second kappa shape index (κ2) is 14.6. The number of aromatic nitrogens is 2. The van der Waals surface area contributed by atoms with Crippen LogP contribution >= 0.6 is 0 Å². The van der Waals surface area contributed by atoms with Gasteiger partial charge in [-0.2, -0.15) is 0 Å². The van der Waals surface area contributed by atoms with Gasteiger partial charge in [0.25, 0.3) is 0 Å². The minimum atomic E-state index is -2.43. The third-order valence-corrected chi connectivity index (χ3v) is 23.4. The van der Waals surface area contributed by atoms with Crippen molar-refractivity contribution in [1.29, 1.82) is 0 Å². The Labute approximate surface area is 231 Å². The number of unbranched alkanes of at least 4 members (excludes halogenated alkanes) is 3. The van der Waals surface area contributed by atoms with Crippen molar-refractivity contribution in [2.45, 2.75) is 143 Å². The first-order valence-electron chi connectivity index (χ1n) is 15.3. The van der Waals surface area contributed by atoms with Crippen LogP contribution in [0.15, 0.2) is 12.5 Å². The van der Waals surface area contributed by atoms with Crippen molar-refractivity contribution in [3.05, 3.63) is 12.5 Å². The molecule has 2 heterocycles. The van der Waals surface area contributed by atoms with E-state index in [0.29, 0.717) is 12.0 Å². The number of carbonyl (C=O) groups excluding carboxylic acids is 1. The maximum absolute atomic E-state index is 12.3. The summed E-state index contributed by atoms with van der Waals surface area (Å²) in [6.45, 7) is 15.3. The summed E-state index contributed by atoms with van der Waals surface area (Å²) in [5, 5.41) is 0. The molecule has 2 fully saturated rings. The SMILES string of the molecule is CCC[CH2][Sn]([CH2]CCC)([CH2]CCC)[c]1cn(CC2CC(OC3CCN(C(=O)OC(C)(C)C)CC3)C2)cn1. The first kappa shape index (κ1) is 30.8. The van der Waals surface area contributed by atoms with Crippen LogP contribution in [-0.4, -0.2) is 69.8 Å². The van der Waals surface area contributed by atoms with Crippen LogP contribution in [0.2, 0.25) is 13.3 Å². The van der Waals surface area contributed by atoms with Crippen molar-refractivity contribution in [2.24, 2.45) is 5.92 Å². The van der Waals surface area contributed by atoms with Crippen LogP contribution in [0.5, 0.6) is 0 Å².